The first-order chi connectivity index (χ1) is 10.6. The minimum Gasteiger partial charge on any atom is -0.336 e. The summed E-state index contributed by atoms with van der Waals surface area (Å²) in [5, 5.41) is 3.44. The molecule has 0 bridgehead atoms. The molecule has 1 aromatic carbocycles. The highest BCUT2D eigenvalue weighted by atomic mass is 16.2. The zero-order valence-corrected chi connectivity index (χ0v) is 13.9. The number of hydrogen-bond donors (Lipinski definition) is 1. The molecule has 3 unspecified atom stereocenters. The van der Waals surface area contributed by atoms with E-state index in [1.54, 1.807) is 0 Å². The zero-order valence-electron chi connectivity index (χ0n) is 13.9. The Kier molecular flexibility index (Phi) is 4.50. The Labute approximate surface area is 133 Å². The van der Waals surface area contributed by atoms with Crippen molar-refractivity contribution in [3.8, 4) is 0 Å². The summed E-state index contributed by atoms with van der Waals surface area (Å²) in [4.78, 5) is 17.3. The molecular weight excluding hydrogens is 274 g/mol. The first kappa shape index (κ1) is 15.5. The van der Waals surface area contributed by atoms with Crippen LogP contribution in [0.4, 0.5) is 0 Å². The lowest BCUT2D eigenvalue weighted by Gasteiger charge is -2.42. The van der Waals surface area contributed by atoms with Crippen LogP contribution in [0.1, 0.15) is 31.9 Å². The summed E-state index contributed by atoms with van der Waals surface area (Å²) < 4.78 is 0. The first-order valence-corrected chi connectivity index (χ1v) is 8.42. The van der Waals surface area contributed by atoms with Crippen molar-refractivity contribution in [1.29, 1.82) is 0 Å². The maximum absolute atomic E-state index is 12.9. The lowest BCUT2D eigenvalue weighted by atomic mass is 9.98. The molecule has 1 saturated heterocycles. The fourth-order valence-electron chi connectivity index (χ4n) is 3.61. The highest BCUT2D eigenvalue weighted by Gasteiger charge is 2.33. The second-order valence-electron chi connectivity index (χ2n) is 6.68. The Balaban J connectivity index is 1.69. The molecule has 120 valence electrons. The van der Waals surface area contributed by atoms with Gasteiger partial charge in [-0.1, -0.05) is 24.3 Å². The molecule has 1 N–H and O–H groups in total. The van der Waals surface area contributed by atoms with Gasteiger partial charge >= 0.3 is 0 Å². The molecular formula is C18H27N3O. The summed E-state index contributed by atoms with van der Waals surface area (Å²) in [7, 11) is 0. The summed E-state index contributed by atoms with van der Waals surface area (Å²) in [5.41, 5.74) is 2.80. The van der Waals surface area contributed by atoms with E-state index in [1.165, 1.54) is 11.1 Å². The molecule has 0 radical (unpaired) electrons. The van der Waals surface area contributed by atoms with Crippen molar-refractivity contribution in [2.75, 3.05) is 19.6 Å². The van der Waals surface area contributed by atoms with E-state index in [9.17, 15) is 4.79 Å². The van der Waals surface area contributed by atoms with E-state index in [0.29, 0.717) is 6.04 Å². The largest absolute Gasteiger partial charge is 0.336 e. The van der Waals surface area contributed by atoms with Crippen molar-refractivity contribution < 1.29 is 4.79 Å². The van der Waals surface area contributed by atoms with Crippen molar-refractivity contribution in [1.82, 2.24) is 15.1 Å². The third kappa shape index (κ3) is 2.90. The van der Waals surface area contributed by atoms with Gasteiger partial charge in [-0.3, -0.25) is 9.69 Å². The smallest absolute Gasteiger partial charge is 0.239 e. The van der Waals surface area contributed by atoms with Gasteiger partial charge in [-0.15, -0.1) is 0 Å². The maximum atomic E-state index is 12.9. The minimum absolute atomic E-state index is 0.0406. The van der Waals surface area contributed by atoms with Crippen LogP contribution in [0.15, 0.2) is 24.3 Å². The van der Waals surface area contributed by atoms with E-state index in [4.69, 9.17) is 0 Å². The fraction of sp³-hybridized carbons (Fsp3) is 0.611. The lowest BCUT2D eigenvalue weighted by Crippen LogP contribution is -2.60. The van der Waals surface area contributed by atoms with E-state index < -0.39 is 0 Å². The zero-order chi connectivity index (χ0) is 15.7. The van der Waals surface area contributed by atoms with Crippen LogP contribution in [0.2, 0.25) is 0 Å². The second kappa shape index (κ2) is 6.39. The highest BCUT2D eigenvalue weighted by Crippen LogP contribution is 2.22. The quantitative estimate of drug-likeness (QED) is 0.902. The van der Waals surface area contributed by atoms with Crippen molar-refractivity contribution in [2.45, 2.75) is 51.9 Å². The predicted octanol–water partition coefficient (Wildman–Crippen LogP) is 1.64. The normalized spacial score (nSPS) is 27.3. The summed E-state index contributed by atoms with van der Waals surface area (Å²) in [6.07, 6.45) is 1.04. The summed E-state index contributed by atoms with van der Waals surface area (Å²) >= 11 is 0. The van der Waals surface area contributed by atoms with Crippen molar-refractivity contribution in [2.24, 2.45) is 0 Å². The van der Waals surface area contributed by atoms with Crippen molar-refractivity contribution in [3.63, 3.8) is 0 Å². The Bertz CT molecular complexity index is 545. The fourth-order valence-corrected chi connectivity index (χ4v) is 3.61. The molecule has 0 aliphatic carbocycles. The van der Waals surface area contributed by atoms with Crippen LogP contribution in [0.5, 0.6) is 0 Å². The van der Waals surface area contributed by atoms with Crippen LogP contribution in [0.25, 0.3) is 0 Å². The molecule has 2 aliphatic heterocycles. The summed E-state index contributed by atoms with van der Waals surface area (Å²) in [6, 6.07) is 9.18. The van der Waals surface area contributed by atoms with Gasteiger partial charge < -0.3 is 10.2 Å². The van der Waals surface area contributed by atoms with E-state index in [0.717, 1.165) is 32.6 Å². The van der Waals surface area contributed by atoms with Crippen LogP contribution in [0.3, 0.4) is 0 Å². The number of nitrogens with zero attached hydrogens (tertiary/aromatic N) is 2. The number of benzene rings is 1. The number of amides is 1. The Morgan fingerprint density at radius 1 is 1.23 bits per heavy atom. The molecule has 3 rings (SSSR count). The maximum Gasteiger partial charge on any atom is 0.239 e. The average Bonchev–Trinajstić information content (AvgIpc) is 2.55. The summed E-state index contributed by atoms with van der Waals surface area (Å²) in [6.45, 7) is 9.94. The van der Waals surface area contributed by atoms with Crippen LogP contribution in [-0.2, 0) is 17.8 Å². The van der Waals surface area contributed by atoms with Gasteiger partial charge in [-0.2, -0.15) is 0 Å². The van der Waals surface area contributed by atoms with Crippen molar-refractivity contribution in [3.05, 3.63) is 35.4 Å². The number of fused-ring (bicyclic) bond motifs is 1. The number of nitrogens with one attached hydrogen (secondary N) is 1. The van der Waals surface area contributed by atoms with Gasteiger partial charge in [-0.05, 0) is 38.3 Å². The number of hydrogen-bond acceptors (Lipinski definition) is 3. The molecule has 0 aromatic heterocycles. The third-order valence-corrected chi connectivity index (χ3v) is 5.38. The number of carbonyl (C=O) groups excluding carboxylic acids is 1. The molecule has 0 saturated carbocycles. The molecule has 2 heterocycles. The third-order valence-electron chi connectivity index (χ3n) is 5.38. The second-order valence-corrected chi connectivity index (χ2v) is 6.68. The first-order valence-electron chi connectivity index (χ1n) is 8.42. The van der Waals surface area contributed by atoms with Gasteiger partial charge in [0.2, 0.25) is 5.91 Å². The Morgan fingerprint density at radius 3 is 2.73 bits per heavy atom. The molecule has 2 aliphatic rings. The molecule has 22 heavy (non-hydrogen) atoms. The molecule has 0 spiro atoms. The molecule has 1 fully saturated rings. The van der Waals surface area contributed by atoms with E-state index >= 15 is 0 Å². The average molecular weight is 301 g/mol. The van der Waals surface area contributed by atoms with Gasteiger partial charge in [0.25, 0.3) is 0 Å². The minimum atomic E-state index is -0.0406. The van der Waals surface area contributed by atoms with Crippen LogP contribution in [0, 0.1) is 0 Å². The summed E-state index contributed by atoms with van der Waals surface area (Å²) in [5.74, 6) is 0.278. The standard InChI is InChI=1S/C18H27N3O/c1-13-14(2)21(11-9-19-13)18(22)15(3)20-10-8-16-6-4-5-7-17(16)12-20/h4-7,13-15,19H,8-12H2,1-3H3. The monoisotopic (exact) mass is 301 g/mol. The highest BCUT2D eigenvalue weighted by molar-refractivity contribution is 5.82. The topological polar surface area (TPSA) is 35.6 Å². The lowest BCUT2D eigenvalue weighted by molar-refractivity contribution is -0.140. The molecule has 4 heteroatoms. The van der Waals surface area contributed by atoms with Gasteiger partial charge in [0.1, 0.15) is 0 Å². The van der Waals surface area contributed by atoms with Gasteiger partial charge in [0, 0.05) is 38.3 Å². The van der Waals surface area contributed by atoms with Crippen LogP contribution < -0.4 is 5.32 Å². The van der Waals surface area contributed by atoms with E-state index in [2.05, 4.69) is 60.2 Å². The van der Waals surface area contributed by atoms with Crippen LogP contribution in [-0.4, -0.2) is 53.5 Å². The van der Waals surface area contributed by atoms with E-state index in [-0.39, 0.29) is 18.0 Å². The molecule has 1 aromatic rings. The predicted molar refractivity (Wildman–Crippen MR) is 88.7 cm³/mol. The molecule has 3 atom stereocenters. The van der Waals surface area contributed by atoms with Gasteiger partial charge in [-0.25, -0.2) is 0 Å². The Hall–Kier alpha value is -1.39. The number of piperazine rings is 1. The van der Waals surface area contributed by atoms with Crippen molar-refractivity contribution >= 4 is 5.91 Å². The van der Waals surface area contributed by atoms with Gasteiger partial charge in [0.05, 0.1) is 6.04 Å². The number of rotatable bonds is 2. The van der Waals surface area contributed by atoms with Crippen LogP contribution >= 0.6 is 0 Å². The van der Waals surface area contributed by atoms with Gasteiger partial charge in [0.15, 0.2) is 0 Å². The molecule has 4 nitrogen and oxygen atoms in total. The Morgan fingerprint density at radius 2 is 1.95 bits per heavy atom. The van der Waals surface area contributed by atoms with E-state index in [1.807, 2.05) is 0 Å². The SMILES string of the molecule is CC1NCCN(C(=O)C(C)N2CCc3ccccc3C2)C1C. The number of carbonyl (C=O) groups is 1. The molecule has 1 amide bonds.